The van der Waals surface area contributed by atoms with Crippen LogP contribution in [0.1, 0.15) is 31.1 Å². The third-order valence-corrected chi connectivity index (χ3v) is 4.31. The second-order valence-corrected chi connectivity index (χ2v) is 8.25. The zero-order valence-electron chi connectivity index (χ0n) is 12.3. The number of phenolic OH excluding ortho intramolecular Hbond substituents is 1. The number of phenols is 1. The summed E-state index contributed by atoms with van der Waals surface area (Å²) in [6.07, 6.45) is -2.26. The van der Waals surface area contributed by atoms with Gasteiger partial charge < -0.3 is 19.7 Å². The van der Waals surface area contributed by atoms with E-state index >= 15 is 0 Å². The third-order valence-electron chi connectivity index (χ3n) is 2.86. The molecule has 23 heavy (non-hydrogen) atoms. The molecule has 0 bridgehead atoms. The molecule has 0 radical (unpaired) electrons. The van der Waals surface area contributed by atoms with E-state index in [-0.39, 0.29) is 5.56 Å². The molecule has 0 amide bonds. The van der Waals surface area contributed by atoms with Gasteiger partial charge in [-0.2, -0.15) is 8.78 Å². The molecule has 1 N–H and O–H groups in total. The number of alkyl halides is 2. The van der Waals surface area contributed by atoms with E-state index in [9.17, 15) is 28.6 Å². The summed E-state index contributed by atoms with van der Waals surface area (Å²) in [5.41, 5.74) is -1.69. The smallest absolute Gasteiger partial charge is 0.342 e. The van der Waals surface area contributed by atoms with Crippen LogP contribution < -0.4 is 5.11 Å². The number of carboxylic acid groups (broad SMARTS) is 1. The zero-order valence-corrected chi connectivity index (χ0v) is 16.6. The molecule has 128 valence electrons. The Hall–Kier alpha value is -0.720. The fourth-order valence-electron chi connectivity index (χ4n) is 1.79. The molecule has 9 heteroatoms. The Morgan fingerprint density at radius 1 is 1.26 bits per heavy atom. The molecule has 0 saturated carbocycles. The minimum absolute atomic E-state index is 0.315. The quantitative estimate of drug-likeness (QED) is 0.458. The van der Waals surface area contributed by atoms with E-state index in [1.54, 1.807) is 28.7 Å². The van der Waals surface area contributed by atoms with Crippen molar-refractivity contribution in [1.29, 1.82) is 0 Å². The molecule has 0 saturated heterocycles. The van der Waals surface area contributed by atoms with Crippen LogP contribution in [0, 0.1) is 12.6 Å². The first kappa shape index (κ1) is 20.3. The summed E-state index contributed by atoms with van der Waals surface area (Å²) in [6, 6.07) is 2.83. The molecule has 1 aromatic rings. The van der Waals surface area contributed by atoms with Gasteiger partial charge in [0.25, 0.3) is 0 Å². The van der Waals surface area contributed by atoms with Gasteiger partial charge in [0.15, 0.2) is 6.10 Å². The van der Waals surface area contributed by atoms with Crippen LogP contribution in [0.25, 0.3) is 0 Å². The molecule has 0 aromatic heterocycles. The van der Waals surface area contributed by atoms with Crippen molar-refractivity contribution in [2.24, 2.45) is 5.41 Å². The second kappa shape index (κ2) is 7.03. The van der Waals surface area contributed by atoms with Gasteiger partial charge in [-0.15, -0.1) is 0 Å². The number of carbonyl (C=O) groups excluding carboxylic acids is 2. The van der Waals surface area contributed by atoms with Gasteiger partial charge in [0, 0.05) is 8.99 Å². The van der Waals surface area contributed by atoms with E-state index in [0.717, 1.165) is 0 Å². The fraction of sp³-hybridized carbons (Fsp3) is 0.429. The van der Waals surface area contributed by atoms with Gasteiger partial charge in [-0.3, -0.25) is 0 Å². The average molecular weight is 553 g/mol. The predicted molar refractivity (Wildman–Crippen MR) is 92.2 cm³/mol. The number of esters is 1. The van der Waals surface area contributed by atoms with Gasteiger partial charge >= 0.3 is 11.9 Å². The Balaban J connectivity index is 3.26. The van der Waals surface area contributed by atoms with Gasteiger partial charge in [-0.05, 0) is 57.3 Å². The molecule has 1 unspecified atom stereocenters. The summed E-state index contributed by atoms with van der Waals surface area (Å²) in [5.74, 6) is -8.66. The highest BCUT2D eigenvalue weighted by atomic mass is 127. The largest absolute Gasteiger partial charge is 0.544 e. The first-order valence-electron chi connectivity index (χ1n) is 6.26. The molecule has 0 spiro atoms. The number of rotatable bonds is 4. The molecule has 1 atom stereocenters. The topological polar surface area (TPSA) is 86.7 Å². The van der Waals surface area contributed by atoms with Gasteiger partial charge in [-0.1, -0.05) is 20.8 Å². The molecule has 0 aliphatic rings. The van der Waals surface area contributed by atoms with E-state index in [4.69, 9.17) is 4.74 Å². The van der Waals surface area contributed by atoms with Crippen LogP contribution in [0.15, 0.2) is 12.1 Å². The van der Waals surface area contributed by atoms with Crippen molar-refractivity contribution >= 4 is 57.1 Å². The molecule has 1 rings (SSSR count). The van der Waals surface area contributed by atoms with Crippen molar-refractivity contribution in [3.05, 3.63) is 24.8 Å². The highest BCUT2D eigenvalue weighted by Gasteiger charge is 2.50. The summed E-state index contributed by atoms with van der Waals surface area (Å²) < 4.78 is 33.3. The lowest BCUT2D eigenvalue weighted by molar-refractivity contribution is -0.339. The maximum atomic E-state index is 13.8. The van der Waals surface area contributed by atoms with Crippen molar-refractivity contribution < 1.29 is 33.3 Å². The first-order valence-corrected chi connectivity index (χ1v) is 8.42. The number of hydrogen-bond donors (Lipinski definition) is 1. The lowest BCUT2D eigenvalue weighted by atomic mass is 9.85. The van der Waals surface area contributed by atoms with Crippen LogP contribution in [-0.2, 0) is 9.53 Å². The summed E-state index contributed by atoms with van der Waals surface area (Å²) in [4.78, 5) is 22.9. The number of carboxylic acids is 1. The summed E-state index contributed by atoms with van der Waals surface area (Å²) in [5, 5.41) is 20.6. The Morgan fingerprint density at radius 3 is 2.22 bits per heavy atom. The second-order valence-electron chi connectivity index (χ2n) is 5.85. The summed E-state index contributed by atoms with van der Waals surface area (Å²) in [7, 11) is 0. The molecule has 1 aromatic carbocycles. The monoisotopic (exact) mass is 553 g/mol. The minimum atomic E-state index is -4.38. The van der Waals surface area contributed by atoms with Gasteiger partial charge in [0.2, 0.25) is 0 Å². The summed E-state index contributed by atoms with van der Waals surface area (Å²) in [6.45, 7) is 3.92. The van der Waals surface area contributed by atoms with Gasteiger partial charge in [-0.25, -0.2) is 4.79 Å². The molecule has 5 nitrogen and oxygen atoms in total. The lowest BCUT2D eigenvalue weighted by Gasteiger charge is -2.36. The lowest BCUT2D eigenvalue weighted by Crippen LogP contribution is -2.56. The maximum Gasteiger partial charge on any atom is 0.342 e. The number of hydrogen-bond acceptors (Lipinski definition) is 5. The maximum absolute atomic E-state index is 13.8. The van der Waals surface area contributed by atoms with E-state index in [2.05, 4.69) is 0 Å². The SMILES string of the molecule is CC(C)(C)C(OC(=O)c1cc(I)cc(I)c1O)C(F)(F)C(=O)[O-]. The van der Waals surface area contributed by atoms with E-state index < -0.39 is 35.1 Å². The Kier molecular flexibility index (Phi) is 6.21. The van der Waals surface area contributed by atoms with E-state index in [1.807, 2.05) is 22.6 Å². The average Bonchev–Trinajstić information content (AvgIpc) is 2.38. The van der Waals surface area contributed by atoms with E-state index in [1.165, 1.54) is 26.8 Å². The van der Waals surface area contributed by atoms with Crippen molar-refractivity contribution in [3.8, 4) is 5.75 Å². The number of ether oxygens (including phenoxy) is 1. The molecular formula is C14H13F2I2O5-. The predicted octanol–water partition coefficient (Wildman–Crippen LogP) is 2.56. The fourth-order valence-corrected chi connectivity index (χ4v) is 3.64. The van der Waals surface area contributed by atoms with Crippen LogP contribution >= 0.6 is 45.2 Å². The van der Waals surface area contributed by atoms with Crippen LogP contribution in [-0.4, -0.2) is 29.1 Å². The molecule has 0 fully saturated rings. The number of aliphatic carboxylic acids is 1. The standard InChI is InChI=1S/C14H14F2I2O5/c1-13(2,3)11(14(15,16)12(21)22)23-10(20)7-4-6(17)5-8(18)9(7)19/h4-5,11,19H,1-3H3,(H,21,22)/p-1. The first-order chi connectivity index (χ1) is 10.3. The number of benzene rings is 1. The Morgan fingerprint density at radius 2 is 1.78 bits per heavy atom. The van der Waals surface area contributed by atoms with Gasteiger partial charge in [0.05, 0.1) is 3.57 Å². The van der Waals surface area contributed by atoms with Crippen LogP contribution in [0.3, 0.4) is 0 Å². The van der Waals surface area contributed by atoms with Crippen molar-refractivity contribution in [2.45, 2.75) is 32.8 Å². The molecule has 0 aliphatic carbocycles. The molecular weight excluding hydrogens is 540 g/mol. The third kappa shape index (κ3) is 4.64. The van der Waals surface area contributed by atoms with Crippen molar-refractivity contribution in [3.63, 3.8) is 0 Å². The van der Waals surface area contributed by atoms with Crippen LogP contribution in [0.5, 0.6) is 5.75 Å². The highest BCUT2D eigenvalue weighted by Crippen LogP contribution is 2.36. The molecule has 0 aliphatic heterocycles. The van der Waals surface area contributed by atoms with Gasteiger partial charge in [0.1, 0.15) is 17.3 Å². The number of carbonyl (C=O) groups is 2. The van der Waals surface area contributed by atoms with Crippen LogP contribution in [0.4, 0.5) is 8.78 Å². The zero-order chi connectivity index (χ0) is 18.2. The summed E-state index contributed by atoms with van der Waals surface area (Å²) >= 11 is 3.65. The van der Waals surface area contributed by atoms with Crippen molar-refractivity contribution in [2.75, 3.05) is 0 Å². The number of halogens is 4. The molecule has 0 heterocycles. The Labute approximate surface area is 158 Å². The number of aromatic hydroxyl groups is 1. The Bertz CT molecular complexity index is 641. The minimum Gasteiger partial charge on any atom is -0.544 e. The van der Waals surface area contributed by atoms with Crippen molar-refractivity contribution in [1.82, 2.24) is 0 Å². The normalized spacial score (nSPS) is 13.5. The van der Waals surface area contributed by atoms with E-state index in [0.29, 0.717) is 7.14 Å². The highest BCUT2D eigenvalue weighted by molar-refractivity contribution is 14.1. The van der Waals surface area contributed by atoms with Crippen LogP contribution in [0.2, 0.25) is 0 Å².